The summed E-state index contributed by atoms with van der Waals surface area (Å²) < 4.78 is 12.0. The highest BCUT2D eigenvalue weighted by atomic mass is 32.1. The van der Waals surface area contributed by atoms with E-state index < -0.39 is 0 Å². The third kappa shape index (κ3) is 3.22. The van der Waals surface area contributed by atoms with E-state index >= 15 is 0 Å². The van der Waals surface area contributed by atoms with Gasteiger partial charge in [-0.2, -0.15) is 0 Å². The number of ether oxygens (including phenoxy) is 2. The number of carbonyl (C=O) groups excluding carboxylic acids is 1. The summed E-state index contributed by atoms with van der Waals surface area (Å²) in [4.78, 5) is 19.5. The summed E-state index contributed by atoms with van der Waals surface area (Å²) in [6.45, 7) is 2.51. The first-order valence-corrected chi connectivity index (χ1v) is 9.10. The molecule has 2 aromatic heterocycles. The molecule has 0 aromatic carbocycles. The van der Waals surface area contributed by atoms with Gasteiger partial charge in [0.25, 0.3) is 5.91 Å². The molecule has 2 aliphatic heterocycles. The largest absolute Gasteiger partial charge is 0.370 e. The lowest BCUT2D eigenvalue weighted by atomic mass is 9.98. The number of aromatic nitrogens is 1. The zero-order valence-electron chi connectivity index (χ0n) is 13.4. The van der Waals surface area contributed by atoms with E-state index in [0.29, 0.717) is 19.8 Å². The second-order valence-corrected chi connectivity index (χ2v) is 7.35. The number of hydrogen-bond donors (Lipinski definition) is 0. The van der Waals surface area contributed by atoms with E-state index in [2.05, 4.69) is 4.98 Å². The van der Waals surface area contributed by atoms with Gasteiger partial charge in [-0.25, -0.2) is 0 Å². The highest BCUT2D eigenvalue weighted by Crippen LogP contribution is 2.37. The molecule has 1 amide bonds. The van der Waals surface area contributed by atoms with Crippen LogP contribution in [-0.4, -0.2) is 47.2 Å². The monoisotopic (exact) mass is 344 g/mol. The molecule has 5 nitrogen and oxygen atoms in total. The van der Waals surface area contributed by atoms with Gasteiger partial charge in [0, 0.05) is 19.2 Å². The SMILES string of the molecule is O=C(c1cccs1)N1CC[C@]2(C[C@H](OCc3ccccn3)CO2)C1. The van der Waals surface area contributed by atoms with Crippen molar-refractivity contribution in [3.63, 3.8) is 0 Å². The molecule has 24 heavy (non-hydrogen) atoms. The number of hydrogen-bond acceptors (Lipinski definition) is 5. The zero-order valence-corrected chi connectivity index (χ0v) is 14.2. The quantitative estimate of drug-likeness (QED) is 0.856. The van der Waals surface area contributed by atoms with E-state index in [1.54, 1.807) is 6.20 Å². The molecule has 0 aliphatic carbocycles. The number of thiophene rings is 1. The highest BCUT2D eigenvalue weighted by Gasteiger charge is 2.47. The van der Waals surface area contributed by atoms with Crippen molar-refractivity contribution in [2.24, 2.45) is 0 Å². The molecule has 0 N–H and O–H groups in total. The van der Waals surface area contributed by atoms with Gasteiger partial charge >= 0.3 is 0 Å². The van der Waals surface area contributed by atoms with Crippen molar-refractivity contribution in [2.45, 2.75) is 31.2 Å². The summed E-state index contributed by atoms with van der Waals surface area (Å²) in [5, 5.41) is 1.94. The van der Waals surface area contributed by atoms with Gasteiger partial charge in [0.05, 0.1) is 42.0 Å². The maximum Gasteiger partial charge on any atom is 0.264 e. The Morgan fingerprint density at radius 3 is 3.17 bits per heavy atom. The predicted molar refractivity (Wildman–Crippen MR) is 91.0 cm³/mol. The first-order valence-electron chi connectivity index (χ1n) is 8.22. The van der Waals surface area contributed by atoms with Gasteiger partial charge in [-0.05, 0) is 30.0 Å². The Morgan fingerprint density at radius 2 is 2.38 bits per heavy atom. The molecule has 1 spiro atoms. The lowest BCUT2D eigenvalue weighted by molar-refractivity contribution is -0.0000743. The van der Waals surface area contributed by atoms with E-state index in [1.165, 1.54) is 11.3 Å². The molecular weight excluding hydrogens is 324 g/mol. The smallest absolute Gasteiger partial charge is 0.264 e. The normalized spacial score (nSPS) is 26.3. The lowest BCUT2D eigenvalue weighted by Crippen LogP contribution is -2.35. The van der Waals surface area contributed by atoms with Gasteiger partial charge in [0.2, 0.25) is 0 Å². The molecule has 2 saturated heterocycles. The minimum absolute atomic E-state index is 0.0730. The third-order valence-electron chi connectivity index (χ3n) is 4.70. The van der Waals surface area contributed by atoms with E-state index in [9.17, 15) is 4.79 Å². The van der Waals surface area contributed by atoms with Crippen LogP contribution in [0.15, 0.2) is 41.9 Å². The second kappa shape index (κ2) is 6.63. The Bertz CT molecular complexity index is 692. The molecule has 2 fully saturated rings. The minimum atomic E-state index is -0.234. The summed E-state index contributed by atoms with van der Waals surface area (Å²) in [7, 11) is 0. The summed E-state index contributed by atoms with van der Waals surface area (Å²) in [6.07, 6.45) is 3.57. The maximum absolute atomic E-state index is 12.5. The fourth-order valence-electron chi connectivity index (χ4n) is 3.45. The van der Waals surface area contributed by atoms with Gasteiger partial charge in [-0.1, -0.05) is 12.1 Å². The van der Waals surface area contributed by atoms with Crippen LogP contribution >= 0.6 is 11.3 Å². The first kappa shape index (κ1) is 15.7. The summed E-state index contributed by atoms with van der Waals surface area (Å²) in [6, 6.07) is 9.62. The van der Waals surface area contributed by atoms with Crippen molar-refractivity contribution < 1.29 is 14.3 Å². The molecule has 0 unspecified atom stereocenters. The Kier molecular flexibility index (Phi) is 4.35. The second-order valence-electron chi connectivity index (χ2n) is 6.41. The standard InChI is InChI=1S/C18H20N2O3S/c21-17(16-5-3-9-24-16)20-8-6-18(13-20)10-15(12-23-18)22-11-14-4-1-2-7-19-14/h1-5,7,9,15H,6,8,10-13H2/t15-,18-/m0/s1. The van der Waals surface area contributed by atoms with Gasteiger partial charge in [0.1, 0.15) is 0 Å². The van der Waals surface area contributed by atoms with Gasteiger partial charge in [-0.15, -0.1) is 11.3 Å². The molecule has 2 aromatic rings. The van der Waals surface area contributed by atoms with Gasteiger partial charge in [-0.3, -0.25) is 9.78 Å². The highest BCUT2D eigenvalue weighted by molar-refractivity contribution is 7.12. The predicted octanol–water partition coefficient (Wildman–Crippen LogP) is 2.73. The lowest BCUT2D eigenvalue weighted by Gasteiger charge is -2.23. The fraction of sp³-hybridized carbons (Fsp3) is 0.444. The Morgan fingerprint density at radius 1 is 1.42 bits per heavy atom. The van der Waals surface area contributed by atoms with Crippen molar-refractivity contribution in [1.29, 1.82) is 0 Å². The number of pyridine rings is 1. The van der Waals surface area contributed by atoms with Crippen molar-refractivity contribution >= 4 is 17.2 Å². The summed E-state index contributed by atoms with van der Waals surface area (Å²) in [5.41, 5.74) is 0.696. The van der Waals surface area contributed by atoms with Gasteiger partial charge in [0.15, 0.2) is 0 Å². The maximum atomic E-state index is 12.5. The van der Waals surface area contributed by atoms with Crippen LogP contribution in [-0.2, 0) is 16.1 Å². The van der Waals surface area contributed by atoms with Crippen LogP contribution in [0.1, 0.15) is 28.2 Å². The number of likely N-dealkylation sites (tertiary alicyclic amines) is 1. The van der Waals surface area contributed by atoms with E-state index in [4.69, 9.17) is 9.47 Å². The number of amides is 1. The van der Waals surface area contributed by atoms with Gasteiger partial charge < -0.3 is 14.4 Å². The van der Waals surface area contributed by atoms with Crippen LogP contribution in [0.5, 0.6) is 0 Å². The van der Waals surface area contributed by atoms with Crippen LogP contribution < -0.4 is 0 Å². The summed E-state index contributed by atoms with van der Waals surface area (Å²) in [5.74, 6) is 0.114. The average molecular weight is 344 g/mol. The van der Waals surface area contributed by atoms with Crippen molar-refractivity contribution in [1.82, 2.24) is 9.88 Å². The molecule has 2 aliphatic rings. The van der Waals surface area contributed by atoms with Crippen molar-refractivity contribution in [3.8, 4) is 0 Å². The molecule has 0 saturated carbocycles. The molecule has 0 bridgehead atoms. The van der Waals surface area contributed by atoms with Crippen LogP contribution in [0.3, 0.4) is 0 Å². The topological polar surface area (TPSA) is 51.7 Å². The Balaban J connectivity index is 1.32. The van der Waals surface area contributed by atoms with Crippen LogP contribution in [0.4, 0.5) is 0 Å². The molecule has 2 atom stereocenters. The Hall–Kier alpha value is -1.76. The molecule has 4 rings (SSSR count). The minimum Gasteiger partial charge on any atom is -0.370 e. The zero-order chi connectivity index (χ0) is 16.4. The molecule has 4 heterocycles. The average Bonchev–Trinajstić information content (AvgIpc) is 3.36. The van der Waals surface area contributed by atoms with Crippen LogP contribution in [0.2, 0.25) is 0 Å². The number of nitrogens with zero attached hydrogens (tertiary/aromatic N) is 2. The fourth-order valence-corrected chi connectivity index (χ4v) is 4.15. The van der Waals surface area contributed by atoms with E-state index in [0.717, 1.165) is 30.0 Å². The van der Waals surface area contributed by atoms with Crippen LogP contribution in [0, 0.1) is 0 Å². The van der Waals surface area contributed by atoms with E-state index in [-0.39, 0.29) is 17.6 Å². The van der Waals surface area contributed by atoms with Crippen molar-refractivity contribution in [3.05, 3.63) is 52.5 Å². The molecule has 0 radical (unpaired) electrons. The van der Waals surface area contributed by atoms with Crippen LogP contribution in [0.25, 0.3) is 0 Å². The molecular formula is C18H20N2O3S. The third-order valence-corrected chi connectivity index (χ3v) is 5.56. The number of rotatable bonds is 4. The molecule has 126 valence electrons. The molecule has 6 heteroatoms. The summed E-state index contributed by atoms with van der Waals surface area (Å²) >= 11 is 1.49. The van der Waals surface area contributed by atoms with Crippen molar-refractivity contribution in [2.75, 3.05) is 19.7 Å². The Labute approximate surface area is 145 Å². The number of carbonyl (C=O) groups is 1. The van der Waals surface area contributed by atoms with E-state index in [1.807, 2.05) is 40.6 Å². The first-order chi connectivity index (χ1) is 11.7.